The molecule has 25 heavy (non-hydrogen) atoms. The molecule has 1 aliphatic rings. The summed E-state index contributed by atoms with van der Waals surface area (Å²) in [7, 11) is 0. The average Bonchev–Trinajstić information content (AvgIpc) is 3.22. The first kappa shape index (κ1) is 17.3. The van der Waals surface area contributed by atoms with Crippen molar-refractivity contribution in [2.75, 3.05) is 18.5 Å². The molecule has 0 bridgehead atoms. The minimum atomic E-state index is -0.182. The number of carbonyl (C=O) groups excluding carboxylic acids is 1. The Morgan fingerprint density at radius 3 is 2.92 bits per heavy atom. The normalized spacial score (nSPS) is 17.1. The number of amides is 2. The molecule has 134 valence electrons. The van der Waals surface area contributed by atoms with Crippen LogP contribution in [0.3, 0.4) is 0 Å². The van der Waals surface area contributed by atoms with Gasteiger partial charge in [0.25, 0.3) is 0 Å². The Morgan fingerprint density at radius 2 is 2.20 bits per heavy atom. The van der Waals surface area contributed by atoms with Crippen molar-refractivity contribution in [3.8, 4) is 5.75 Å². The van der Waals surface area contributed by atoms with Crippen molar-refractivity contribution in [3.63, 3.8) is 0 Å². The van der Waals surface area contributed by atoms with Crippen molar-refractivity contribution in [1.82, 2.24) is 15.1 Å². The van der Waals surface area contributed by atoms with Gasteiger partial charge in [0.2, 0.25) is 11.8 Å². The lowest BCUT2D eigenvalue weighted by atomic mass is 10.2. The van der Waals surface area contributed by atoms with Gasteiger partial charge in [-0.2, -0.15) is 0 Å². The highest BCUT2D eigenvalue weighted by Crippen LogP contribution is 2.32. The zero-order valence-corrected chi connectivity index (χ0v) is 14.9. The first-order valence-electron chi connectivity index (χ1n) is 8.64. The Balaban J connectivity index is 1.71. The number of urea groups is 1. The molecule has 3 rings (SSSR count). The summed E-state index contributed by atoms with van der Waals surface area (Å²) in [5, 5.41) is 10.9. The van der Waals surface area contributed by atoms with Gasteiger partial charge in [-0.05, 0) is 30.9 Å². The van der Waals surface area contributed by atoms with Crippen LogP contribution in [0, 0.1) is 12.8 Å². The van der Waals surface area contributed by atoms with Gasteiger partial charge in [0.05, 0.1) is 12.3 Å². The van der Waals surface area contributed by atoms with E-state index in [1.807, 2.05) is 24.3 Å². The summed E-state index contributed by atoms with van der Waals surface area (Å²) in [6.45, 7) is 7.18. The molecule has 1 N–H and O–H groups in total. The minimum Gasteiger partial charge on any atom is -0.491 e. The molecule has 0 unspecified atom stereocenters. The van der Waals surface area contributed by atoms with Gasteiger partial charge in [-0.3, -0.25) is 0 Å². The van der Waals surface area contributed by atoms with Crippen LogP contribution in [0.4, 0.5) is 10.5 Å². The number of anilines is 1. The first-order chi connectivity index (χ1) is 12.0. The summed E-state index contributed by atoms with van der Waals surface area (Å²) in [6, 6.07) is 7.12. The molecule has 1 aromatic carbocycles. The molecule has 0 aliphatic carbocycles. The maximum Gasteiger partial charge on any atom is 0.322 e. The second-order valence-corrected chi connectivity index (χ2v) is 6.64. The number of nitrogens with one attached hydrogen (secondary N) is 1. The number of aromatic nitrogens is 2. The lowest BCUT2D eigenvalue weighted by Crippen LogP contribution is -2.34. The molecule has 1 saturated heterocycles. The molecule has 0 radical (unpaired) electrons. The molecule has 7 nitrogen and oxygen atoms in total. The van der Waals surface area contributed by atoms with Crippen LogP contribution in [0.1, 0.15) is 44.5 Å². The van der Waals surface area contributed by atoms with Gasteiger partial charge in [0.15, 0.2) is 0 Å². The van der Waals surface area contributed by atoms with E-state index in [1.54, 1.807) is 11.8 Å². The quantitative estimate of drug-likeness (QED) is 0.893. The smallest absolute Gasteiger partial charge is 0.322 e. The summed E-state index contributed by atoms with van der Waals surface area (Å²) in [6.07, 6.45) is 1.73. The fourth-order valence-corrected chi connectivity index (χ4v) is 2.85. The molecule has 7 heteroatoms. The van der Waals surface area contributed by atoms with E-state index in [4.69, 9.17) is 9.15 Å². The van der Waals surface area contributed by atoms with Crippen LogP contribution in [0.5, 0.6) is 5.75 Å². The number of ether oxygens (including phenoxy) is 1. The van der Waals surface area contributed by atoms with Gasteiger partial charge < -0.3 is 19.4 Å². The maximum atomic E-state index is 12.8. The van der Waals surface area contributed by atoms with Gasteiger partial charge in [0.1, 0.15) is 11.8 Å². The zero-order chi connectivity index (χ0) is 17.8. The van der Waals surface area contributed by atoms with Crippen molar-refractivity contribution < 1.29 is 13.9 Å². The average molecular weight is 344 g/mol. The van der Waals surface area contributed by atoms with Crippen molar-refractivity contribution in [2.45, 2.75) is 39.7 Å². The SMILES string of the molecule is Cc1nnc([C@@H]2CCCN2C(=O)Nc2ccccc2OCC(C)C)o1. The van der Waals surface area contributed by atoms with Crippen LogP contribution in [0.25, 0.3) is 0 Å². The fraction of sp³-hybridized carbons (Fsp3) is 0.500. The topological polar surface area (TPSA) is 80.5 Å². The van der Waals surface area contributed by atoms with Crippen molar-refractivity contribution in [2.24, 2.45) is 5.92 Å². The summed E-state index contributed by atoms with van der Waals surface area (Å²) in [5.41, 5.74) is 0.667. The molecular weight excluding hydrogens is 320 g/mol. The van der Waals surface area contributed by atoms with Crippen LogP contribution >= 0.6 is 0 Å². The number of para-hydroxylation sites is 2. The Bertz CT molecular complexity index is 729. The zero-order valence-electron chi connectivity index (χ0n) is 14.9. The standard InChI is InChI=1S/C18H24N4O3/c1-12(2)11-24-16-9-5-4-7-14(16)19-18(23)22-10-6-8-15(22)17-21-20-13(3)25-17/h4-5,7,9,12,15H,6,8,10-11H2,1-3H3,(H,19,23)/t15-/m0/s1. The molecular formula is C18H24N4O3. The lowest BCUT2D eigenvalue weighted by Gasteiger charge is -2.23. The van der Waals surface area contributed by atoms with E-state index in [9.17, 15) is 4.79 Å². The Kier molecular flexibility index (Phi) is 5.21. The number of nitrogens with zero attached hydrogens (tertiary/aromatic N) is 3. The lowest BCUT2D eigenvalue weighted by molar-refractivity contribution is 0.197. The maximum absolute atomic E-state index is 12.8. The number of benzene rings is 1. The molecule has 1 fully saturated rings. The van der Waals surface area contributed by atoms with E-state index >= 15 is 0 Å². The predicted molar refractivity (Wildman–Crippen MR) is 93.5 cm³/mol. The molecule has 1 atom stereocenters. The van der Waals surface area contributed by atoms with E-state index in [-0.39, 0.29) is 12.1 Å². The molecule has 2 heterocycles. The highest BCUT2D eigenvalue weighted by Gasteiger charge is 2.34. The predicted octanol–water partition coefficient (Wildman–Crippen LogP) is 3.78. The number of hydrogen-bond donors (Lipinski definition) is 1. The van der Waals surface area contributed by atoms with Crippen molar-refractivity contribution in [3.05, 3.63) is 36.0 Å². The van der Waals surface area contributed by atoms with Gasteiger partial charge in [-0.15, -0.1) is 10.2 Å². The van der Waals surface area contributed by atoms with E-state index < -0.39 is 0 Å². The van der Waals surface area contributed by atoms with Gasteiger partial charge in [0, 0.05) is 13.5 Å². The highest BCUT2D eigenvalue weighted by molar-refractivity contribution is 5.91. The van der Waals surface area contributed by atoms with Crippen LogP contribution in [0.15, 0.2) is 28.7 Å². The number of rotatable bonds is 5. The summed E-state index contributed by atoms with van der Waals surface area (Å²) < 4.78 is 11.3. The number of aryl methyl sites for hydroxylation is 1. The van der Waals surface area contributed by atoms with Crippen LogP contribution in [-0.2, 0) is 0 Å². The van der Waals surface area contributed by atoms with Crippen molar-refractivity contribution in [1.29, 1.82) is 0 Å². The first-order valence-corrected chi connectivity index (χ1v) is 8.64. The fourth-order valence-electron chi connectivity index (χ4n) is 2.85. The number of hydrogen-bond acceptors (Lipinski definition) is 5. The number of likely N-dealkylation sites (tertiary alicyclic amines) is 1. The van der Waals surface area contributed by atoms with Crippen LogP contribution in [-0.4, -0.2) is 34.3 Å². The van der Waals surface area contributed by atoms with Gasteiger partial charge >= 0.3 is 6.03 Å². The molecule has 0 spiro atoms. The number of carbonyl (C=O) groups is 1. The Morgan fingerprint density at radius 1 is 1.40 bits per heavy atom. The molecule has 2 aromatic rings. The summed E-state index contributed by atoms with van der Waals surface area (Å²) in [4.78, 5) is 14.5. The second-order valence-electron chi connectivity index (χ2n) is 6.64. The third-order valence-corrected chi connectivity index (χ3v) is 4.04. The Labute approximate surface area is 147 Å². The van der Waals surface area contributed by atoms with Crippen LogP contribution in [0.2, 0.25) is 0 Å². The van der Waals surface area contributed by atoms with E-state index in [0.29, 0.717) is 42.3 Å². The third kappa shape index (κ3) is 4.10. The van der Waals surface area contributed by atoms with Crippen LogP contribution < -0.4 is 10.1 Å². The van der Waals surface area contributed by atoms with Gasteiger partial charge in [-0.1, -0.05) is 26.0 Å². The van der Waals surface area contributed by atoms with Crippen molar-refractivity contribution >= 4 is 11.7 Å². The van der Waals surface area contributed by atoms with E-state index in [2.05, 4.69) is 29.4 Å². The molecule has 1 aliphatic heterocycles. The van der Waals surface area contributed by atoms with E-state index in [0.717, 1.165) is 12.8 Å². The molecule has 0 saturated carbocycles. The largest absolute Gasteiger partial charge is 0.491 e. The molecule has 1 aromatic heterocycles. The van der Waals surface area contributed by atoms with E-state index in [1.165, 1.54) is 0 Å². The second kappa shape index (κ2) is 7.55. The summed E-state index contributed by atoms with van der Waals surface area (Å²) in [5.74, 6) is 2.09. The minimum absolute atomic E-state index is 0.176. The molecule has 2 amide bonds. The highest BCUT2D eigenvalue weighted by atomic mass is 16.5. The summed E-state index contributed by atoms with van der Waals surface area (Å²) >= 11 is 0. The Hall–Kier alpha value is -2.57. The monoisotopic (exact) mass is 344 g/mol. The third-order valence-electron chi connectivity index (χ3n) is 4.04. The van der Waals surface area contributed by atoms with Gasteiger partial charge in [-0.25, -0.2) is 4.79 Å².